The van der Waals surface area contributed by atoms with E-state index in [0.717, 1.165) is 51.8 Å². The molecule has 4 amide bonds. The molecule has 344 valence electrons. The molecule has 4 aliphatic heterocycles. The molecule has 16 heteroatoms. The van der Waals surface area contributed by atoms with Crippen molar-refractivity contribution in [1.29, 1.82) is 0 Å². The summed E-state index contributed by atoms with van der Waals surface area (Å²) in [6.45, 7) is 15.0. The number of rotatable bonds is 11. The van der Waals surface area contributed by atoms with Crippen molar-refractivity contribution in [1.82, 2.24) is 40.4 Å². The van der Waals surface area contributed by atoms with Crippen LogP contribution in [-0.4, -0.2) is 118 Å². The first-order chi connectivity index (χ1) is 31.4. The number of amides is 4. The molecule has 4 aromatic rings. The Hall–Kier alpha value is -6.18. The molecule has 6 heterocycles. The van der Waals surface area contributed by atoms with Crippen molar-refractivity contribution in [3.8, 4) is 23.1 Å². The first-order valence-corrected chi connectivity index (χ1v) is 22.9. The molecular formula is C49H60N8O8. The summed E-state index contributed by atoms with van der Waals surface area (Å²) in [6, 6.07) is 11.6. The molecule has 4 atom stereocenters. The van der Waals surface area contributed by atoms with E-state index in [1.165, 1.54) is 0 Å². The molecule has 0 unspecified atom stereocenters. The maximum atomic E-state index is 14.0. The lowest BCUT2D eigenvalue weighted by atomic mass is 10.0. The van der Waals surface area contributed by atoms with Gasteiger partial charge >= 0.3 is 12.2 Å². The van der Waals surface area contributed by atoms with Gasteiger partial charge in [-0.05, 0) is 67.0 Å². The lowest BCUT2D eigenvalue weighted by Gasteiger charge is -2.31. The van der Waals surface area contributed by atoms with E-state index in [1.807, 2.05) is 75.1 Å². The summed E-state index contributed by atoms with van der Waals surface area (Å²) >= 11 is 0. The number of hydrogen-bond donors (Lipinski definition) is 4. The monoisotopic (exact) mass is 888 g/mol. The van der Waals surface area contributed by atoms with E-state index in [1.54, 1.807) is 11.1 Å². The van der Waals surface area contributed by atoms with Crippen molar-refractivity contribution < 1.29 is 38.1 Å². The topological polar surface area (TPSA) is 193 Å². The highest BCUT2D eigenvalue weighted by Gasteiger charge is 2.40. The highest BCUT2D eigenvalue weighted by atomic mass is 16.6. The summed E-state index contributed by atoms with van der Waals surface area (Å²) in [4.78, 5) is 73.6. The summed E-state index contributed by atoms with van der Waals surface area (Å²) in [5, 5.41) is 5.68. The van der Waals surface area contributed by atoms with Crippen LogP contribution in [0, 0.1) is 23.7 Å². The molecule has 0 saturated carbocycles. The number of likely N-dealkylation sites (tertiary alicyclic amines) is 2. The number of imidazole rings is 2. The van der Waals surface area contributed by atoms with Gasteiger partial charge < -0.3 is 49.3 Å². The summed E-state index contributed by atoms with van der Waals surface area (Å²) in [7, 11) is 0. The summed E-state index contributed by atoms with van der Waals surface area (Å²) in [5.41, 5.74) is 5.87. The zero-order valence-corrected chi connectivity index (χ0v) is 37.7. The predicted molar refractivity (Wildman–Crippen MR) is 242 cm³/mol. The number of nitrogens with one attached hydrogen (secondary N) is 4. The molecule has 4 N–H and O–H groups in total. The molecule has 4 fully saturated rings. The molecule has 2 aromatic carbocycles. The fourth-order valence-corrected chi connectivity index (χ4v) is 8.98. The van der Waals surface area contributed by atoms with Crippen molar-refractivity contribution in [2.75, 3.05) is 39.5 Å². The van der Waals surface area contributed by atoms with Gasteiger partial charge in [0.05, 0.1) is 61.4 Å². The molecule has 2 aromatic heterocycles. The Kier molecular flexibility index (Phi) is 14.2. The van der Waals surface area contributed by atoms with Gasteiger partial charge in [0, 0.05) is 49.9 Å². The van der Waals surface area contributed by atoms with E-state index in [0.29, 0.717) is 83.3 Å². The Morgan fingerprint density at radius 1 is 0.754 bits per heavy atom. The normalized spacial score (nSPS) is 20.4. The van der Waals surface area contributed by atoms with Crippen molar-refractivity contribution in [3.63, 3.8) is 0 Å². The number of alkyl carbamates (subject to hydrolysis) is 2. The number of hydrogen-bond acceptors (Lipinski definition) is 10. The quantitative estimate of drug-likeness (QED) is 0.0930. The van der Waals surface area contributed by atoms with Crippen LogP contribution in [0.3, 0.4) is 0 Å². The van der Waals surface area contributed by atoms with Gasteiger partial charge in [-0.15, -0.1) is 0 Å². The lowest BCUT2D eigenvalue weighted by molar-refractivity contribution is -0.136. The predicted octanol–water partition coefficient (Wildman–Crippen LogP) is 6.71. The minimum atomic E-state index is -0.771. The second-order valence-electron chi connectivity index (χ2n) is 18.2. The third-order valence-corrected chi connectivity index (χ3v) is 12.6. The third-order valence-electron chi connectivity index (χ3n) is 12.6. The van der Waals surface area contributed by atoms with Crippen LogP contribution in [0.5, 0.6) is 0 Å². The van der Waals surface area contributed by atoms with Crippen LogP contribution < -0.4 is 10.6 Å². The van der Waals surface area contributed by atoms with Crippen LogP contribution in [0.1, 0.15) is 108 Å². The second-order valence-corrected chi connectivity index (χ2v) is 18.2. The van der Waals surface area contributed by atoms with E-state index in [-0.39, 0.29) is 47.9 Å². The minimum absolute atomic E-state index is 0.138. The molecule has 0 spiro atoms. The largest absolute Gasteiger partial charge is 0.446 e. The Bertz CT molecular complexity index is 2420. The number of aromatic amines is 2. The van der Waals surface area contributed by atoms with Crippen molar-refractivity contribution in [3.05, 3.63) is 83.6 Å². The van der Waals surface area contributed by atoms with Gasteiger partial charge in [0.15, 0.2) is 0 Å². The Balaban J connectivity index is 0.894. The van der Waals surface area contributed by atoms with Gasteiger partial charge in [-0.1, -0.05) is 63.8 Å². The average Bonchev–Trinajstić information content (AvgIpc) is 4.13. The van der Waals surface area contributed by atoms with Gasteiger partial charge in [-0.2, -0.15) is 0 Å². The number of benzene rings is 2. The zero-order valence-electron chi connectivity index (χ0n) is 37.7. The molecule has 4 aliphatic rings. The van der Waals surface area contributed by atoms with E-state index < -0.39 is 24.3 Å². The first kappa shape index (κ1) is 45.4. The number of carbonyl (C=O) groups is 4. The number of aromatic nitrogens is 4. The van der Waals surface area contributed by atoms with Crippen LogP contribution >= 0.6 is 0 Å². The molecule has 16 nitrogen and oxygen atoms in total. The van der Waals surface area contributed by atoms with Crippen LogP contribution in [0.15, 0.2) is 60.8 Å². The van der Waals surface area contributed by atoms with Gasteiger partial charge in [0.25, 0.3) is 0 Å². The van der Waals surface area contributed by atoms with Crippen molar-refractivity contribution in [2.24, 2.45) is 11.8 Å². The Morgan fingerprint density at radius 2 is 1.34 bits per heavy atom. The van der Waals surface area contributed by atoms with E-state index in [2.05, 4.69) is 39.0 Å². The minimum Gasteiger partial charge on any atom is -0.446 e. The highest BCUT2D eigenvalue weighted by Crippen LogP contribution is 2.36. The van der Waals surface area contributed by atoms with E-state index >= 15 is 0 Å². The van der Waals surface area contributed by atoms with E-state index in [4.69, 9.17) is 28.9 Å². The van der Waals surface area contributed by atoms with Crippen molar-refractivity contribution in [2.45, 2.75) is 109 Å². The molecule has 65 heavy (non-hydrogen) atoms. The Morgan fingerprint density at radius 3 is 1.95 bits per heavy atom. The first-order valence-electron chi connectivity index (χ1n) is 22.9. The maximum absolute atomic E-state index is 14.0. The number of fused-ring (bicyclic) bond motifs is 1. The number of nitrogens with zero attached hydrogens (tertiary/aromatic N) is 4. The van der Waals surface area contributed by atoms with E-state index in [9.17, 15) is 19.2 Å². The number of ether oxygens (including phenoxy) is 4. The van der Waals surface area contributed by atoms with Crippen LogP contribution in [0.4, 0.5) is 9.59 Å². The van der Waals surface area contributed by atoms with Gasteiger partial charge in [0.2, 0.25) is 11.8 Å². The van der Waals surface area contributed by atoms with Crippen LogP contribution in [-0.2, 0) is 28.5 Å². The van der Waals surface area contributed by atoms with Crippen LogP contribution in [0.25, 0.3) is 22.3 Å². The average molecular weight is 889 g/mol. The molecular weight excluding hydrogens is 829 g/mol. The fourth-order valence-electron chi connectivity index (χ4n) is 8.98. The number of H-pyrrole nitrogens is 2. The highest BCUT2D eigenvalue weighted by molar-refractivity contribution is 5.88. The lowest BCUT2D eigenvalue weighted by Crippen LogP contribution is -2.51. The molecule has 0 radical (unpaired) electrons. The summed E-state index contributed by atoms with van der Waals surface area (Å²) in [6.07, 6.45) is 4.85. The second kappa shape index (κ2) is 20.3. The van der Waals surface area contributed by atoms with Gasteiger partial charge in [-0.25, -0.2) is 19.6 Å². The molecule has 8 rings (SSSR count). The standard InChI is InChI=1S/C49H60N8O8/c1-29(2)42(54-48(60)64-35-16-21-62-22-17-35)46(58)56-20-6-7-40(56)45-51-37-15-12-33(26-38(37)52-45)9-8-32-10-13-34(14-11-32)39-27-50-44(53-39)41-25-31(5)28-57(41)47(59)43(30(3)4)55-49(61)65-36-18-23-63-24-19-36/h10-15,26-27,29-30,35-36,40-43H,5-7,16-25,28H2,1-4H3,(H,50,53)(H,51,52)(H,54,60)(H,55,61)/t40-,41-,42-,43-/m0/s1. The van der Waals surface area contributed by atoms with Crippen molar-refractivity contribution >= 4 is 35.0 Å². The summed E-state index contributed by atoms with van der Waals surface area (Å²) in [5.74, 6) is 7.24. The van der Waals surface area contributed by atoms with Gasteiger partial charge in [-0.3, -0.25) is 9.59 Å². The van der Waals surface area contributed by atoms with Crippen LogP contribution in [0.2, 0.25) is 0 Å². The maximum Gasteiger partial charge on any atom is 0.408 e. The Labute approximate surface area is 379 Å². The van der Waals surface area contributed by atoms with Gasteiger partial charge in [0.1, 0.15) is 35.9 Å². The zero-order chi connectivity index (χ0) is 45.6. The molecule has 0 bridgehead atoms. The molecule has 0 aliphatic carbocycles. The fraction of sp³-hybridized carbons (Fsp3) is 0.510. The third kappa shape index (κ3) is 10.9. The number of carbonyl (C=O) groups excluding carboxylic acids is 4. The molecule has 4 saturated heterocycles. The summed E-state index contributed by atoms with van der Waals surface area (Å²) < 4.78 is 22.0. The SMILES string of the molecule is C=C1C[C@@H](c2ncc(-c3ccc(C#Cc4ccc5nc([C@@H]6CCCN6C(=O)[C@@H](NC(=O)OC6CCOCC6)C(C)C)[nH]c5c4)cc3)[nH]2)N(C(=O)[C@@H](NC(=O)OC2CCOCC2)C(C)C)C1. The smallest absolute Gasteiger partial charge is 0.408 e.